The number of pyridine rings is 1. The first-order chi connectivity index (χ1) is 15.9. The zero-order chi connectivity index (χ0) is 23.4. The molecule has 1 aromatic heterocycles. The van der Waals surface area contributed by atoms with E-state index in [0.717, 1.165) is 28.5 Å². The average molecular weight is 441 g/mol. The molecule has 0 radical (unpaired) electrons. The van der Waals surface area contributed by atoms with Crippen molar-refractivity contribution in [3.63, 3.8) is 0 Å². The first-order valence-electron chi connectivity index (χ1n) is 11.1. The summed E-state index contributed by atoms with van der Waals surface area (Å²) in [6.07, 6.45) is 1.36. The molecule has 1 heterocycles. The molecule has 4 rings (SSSR count). The summed E-state index contributed by atoms with van der Waals surface area (Å²) in [5.41, 5.74) is 11.5. The Bertz CT molecular complexity index is 1270. The Morgan fingerprint density at radius 3 is 2.12 bits per heavy atom. The van der Waals surface area contributed by atoms with E-state index in [-0.39, 0.29) is 11.5 Å². The third-order valence-corrected chi connectivity index (χ3v) is 5.69. The summed E-state index contributed by atoms with van der Waals surface area (Å²) in [6, 6.07) is 24.4. The van der Waals surface area contributed by atoms with Crippen molar-refractivity contribution in [3.05, 3.63) is 105 Å². The lowest BCUT2D eigenvalue weighted by Crippen LogP contribution is -2.13. The van der Waals surface area contributed by atoms with Gasteiger partial charge >= 0.3 is 5.69 Å². The Hall–Kier alpha value is -3.93. The number of fused-ring (bicyclic) bond motifs is 1. The number of anilines is 2. The maximum absolute atomic E-state index is 12.0. The van der Waals surface area contributed by atoms with Gasteiger partial charge in [-0.1, -0.05) is 80.6 Å². The largest absolute Gasteiger partial charge is 0.379 e. The summed E-state index contributed by atoms with van der Waals surface area (Å²) in [5, 5.41) is 16.1. The van der Waals surface area contributed by atoms with Crippen molar-refractivity contribution in [2.75, 3.05) is 17.6 Å². The molecule has 0 atom stereocenters. The van der Waals surface area contributed by atoms with E-state index in [2.05, 4.69) is 54.5 Å². The Labute approximate surface area is 193 Å². The SMILES string of the molecule is CC(C)CNc1c([N+](=O)[O-])c(N)nc2ccc(Cc3ccccc3)c(Cc3ccccc3)c12. The van der Waals surface area contributed by atoms with Gasteiger partial charge in [0, 0.05) is 11.9 Å². The summed E-state index contributed by atoms with van der Waals surface area (Å²) < 4.78 is 0. The van der Waals surface area contributed by atoms with E-state index in [9.17, 15) is 10.1 Å². The first-order valence-corrected chi connectivity index (χ1v) is 11.1. The van der Waals surface area contributed by atoms with Gasteiger partial charge in [0.25, 0.3) is 0 Å². The molecule has 0 fully saturated rings. The lowest BCUT2D eigenvalue weighted by molar-refractivity contribution is -0.383. The number of benzene rings is 3. The minimum atomic E-state index is -0.430. The normalized spacial score (nSPS) is 11.1. The predicted octanol–water partition coefficient (Wildman–Crippen LogP) is 5.97. The second-order valence-corrected chi connectivity index (χ2v) is 8.67. The zero-order valence-electron chi connectivity index (χ0n) is 18.9. The smallest absolute Gasteiger partial charge is 0.334 e. The van der Waals surface area contributed by atoms with Gasteiger partial charge in [0.2, 0.25) is 5.82 Å². The van der Waals surface area contributed by atoms with Gasteiger partial charge in [-0.15, -0.1) is 0 Å². The Morgan fingerprint density at radius 1 is 0.939 bits per heavy atom. The number of nitrogens with two attached hydrogens (primary N) is 1. The number of nitrogens with zero attached hydrogens (tertiary/aromatic N) is 2. The second-order valence-electron chi connectivity index (χ2n) is 8.67. The molecule has 6 nitrogen and oxygen atoms in total. The molecule has 0 spiro atoms. The van der Waals surface area contributed by atoms with Gasteiger partial charge < -0.3 is 11.1 Å². The monoisotopic (exact) mass is 440 g/mol. The van der Waals surface area contributed by atoms with Crippen LogP contribution in [-0.2, 0) is 12.8 Å². The van der Waals surface area contributed by atoms with Gasteiger partial charge in [-0.05, 0) is 47.1 Å². The number of nitrogen functional groups attached to an aromatic ring is 1. The number of hydrogen-bond acceptors (Lipinski definition) is 5. The molecule has 0 bridgehead atoms. The van der Waals surface area contributed by atoms with Gasteiger partial charge in [-0.25, -0.2) is 4.98 Å². The molecule has 0 saturated carbocycles. The van der Waals surface area contributed by atoms with Gasteiger partial charge in [0.1, 0.15) is 5.69 Å². The van der Waals surface area contributed by atoms with Crippen LogP contribution in [0, 0.1) is 16.0 Å². The first kappa shape index (κ1) is 22.3. The standard InChI is InChI=1S/C27H28N4O2/c1-18(2)17-29-25-24-22(16-20-11-7-4-8-12-20)21(15-19-9-5-3-6-10-19)13-14-23(24)30-27(28)26(25)31(32)33/h3-14,18H,15-17H2,1-2H3,(H3,28,29,30). The van der Waals surface area contributed by atoms with Crippen molar-refractivity contribution in [2.24, 2.45) is 5.92 Å². The van der Waals surface area contributed by atoms with E-state index in [0.29, 0.717) is 30.1 Å². The topological polar surface area (TPSA) is 94.1 Å². The summed E-state index contributed by atoms with van der Waals surface area (Å²) in [7, 11) is 0. The van der Waals surface area contributed by atoms with Crippen LogP contribution in [0.5, 0.6) is 0 Å². The van der Waals surface area contributed by atoms with Crippen LogP contribution in [0.3, 0.4) is 0 Å². The summed E-state index contributed by atoms with van der Waals surface area (Å²) in [5.74, 6) is 0.236. The fraction of sp³-hybridized carbons (Fsp3) is 0.222. The highest BCUT2D eigenvalue weighted by Gasteiger charge is 2.26. The van der Waals surface area contributed by atoms with E-state index < -0.39 is 4.92 Å². The van der Waals surface area contributed by atoms with Crippen LogP contribution in [0.25, 0.3) is 10.9 Å². The van der Waals surface area contributed by atoms with Crippen LogP contribution in [0.2, 0.25) is 0 Å². The van der Waals surface area contributed by atoms with Crippen LogP contribution >= 0.6 is 0 Å². The van der Waals surface area contributed by atoms with Gasteiger partial charge in [0.15, 0.2) is 0 Å². The number of nitrogens with one attached hydrogen (secondary N) is 1. The third-order valence-electron chi connectivity index (χ3n) is 5.69. The number of aromatic nitrogens is 1. The van der Waals surface area contributed by atoms with Gasteiger partial charge in [-0.3, -0.25) is 10.1 Å². The summed E-state index contributed by atoms with van der Waals surface area (Å²) >= 11 is 0. The summed E-state index contributed by atoms with van der Waals surface area (Å²) in [6.45, 7) is 4.72. The highest BCUT2D eigenvalue weighted by atomic mass is 16.6. The molecular weight excluding hydrogens is 412 g/mol. The maximum atomic E-state index is 12.0. The molecule has 0 amide bonds. The molecule has 6 heteroatoms. The quantitative estimate of drug-likeness (QED) is 0.260. The van der Waals surface area contributed by atoms with Crippen molar-refractivity contribution >= 4 is 28.1 Å². The molecule has 4 aromatic rings. The average Bonchev–Trinajstić information content (AvgIpc) is 2.79. The van der Waals surface area contributed by atoms with E-state index >= 15 is 0 Å². The fourth-order valence-electron chi connectivity index (χ4n) is 4.13. The van der Waals surface area contributed by atoms with Crippen LogP contribution in [0.1, 0.15) is 36.1 Å². The third kappa shape index (κ3) is 4.95. The highest BCUT2D eigenvalue weighted by molar-refractivity contribution is 6.02. The molecule has 3 aromatic carbocycles. The summed E-state index contributed by atoms with van der Waals surface area (Å²) in [4.78, 5) is 16.0. The predicted molar refractivity (Wildman–Crippen MR) is 135 cm³/mol. The Kier molecular flexibility index (Phi) is 6.54. The zero-order valence-corrected chi connectivity index (χ0v) is 18.9. The number of hydrogen-bond donors (Lipinski definition) is 2. The molecule has 33 heavy (non-hydrogen) atoms. The molecule has 0 aliphatic carbocycles. The van der Waals surface area contributed by atoms with Gasteiger partial charge in [0.05, 0.1) is 10.4 Å². The fourth-order valence-corrected chi connectivity index (χ4v) is 4.13. The molecule has 0 aliphatic heterocycles. The van der Waals surface area contributed by atoms with E-state index in [1.165, 1.54) is 5.56 Å². The van der Waals surface area contributed by atoms with E-state index in [1.807, 2.05) is 42.5 Å². The van der Waals surface area contributed by atoms with E-state index in [1.54, 1.807) is 0 Å². The van der Waals surface area contributed by atoms with Crippen molar-refractivity contribution in [3.8, 4) is 0 Å². The maximum Gasteiger partial charge on any atom is 0.334 e. The molecular formula is C27H28N4O2. The molecule has 0 unspecified atom stereocenters. The van der Waals surface area contributed by atoms with Crippen LogP contribution in [-0.4, -0.2) is 16.5 Å². The Morgan fingerprint density at radius 2 is 1.55 bits per heavy atom. The van der Waals surface area contributed by atoms with Crippen molar-refractivity contribution in [2.45, 2.75) is 26.7 Å². The lowest BCUT2D eigenvalue weighted by atomic mass is 9.90. The van der Waals surface area contributed by atoms with Gasteiger partial charge in [-0.2, -0.15) is 0 Å². The van der Waals surface area contributed by atoms with E-state index in [4.69, 9.17) is 5.73 Å². The molecule has 0 saturated heterocycles. The van der Waals surface area contributed by atoms with Crippen LogP contribution < -0.4 is 11.1 Å². The molecule has 3 N–H and O–H groups in total. The van der Waals surface area contributed by atoms with Crippen molar-refractivity contribution in [1.29, 1.82) is 0 Å². The minimum absolute atomic E-state index is 0.0692. The molecule has 168 valence electrons. The second kappa shape index (κ2) is 9.69. The number of nitro groups is 1. The van der Waals surface area contributed by atoms with Crippen LogP contribution in [0.15, 0.2) is 72.8 Å². The number of rotatable bonds is 8. The molecule has 0 aliphatic rings. The Balaban J connectivity index is 1.99. The highest BCUT2D eigenvalue weighted by Crippen LogP contribution is 2.40. The van der Waals surface area contributed by atoms with Crippen LogP contribution in [0.4, 0.5) is 17.2 Å². The minimum Gasteiger partial charge on any atom is -0.379 e. The van der Waals surface area contributed by atoms with Crippen molar-refractivity contribution in [1.82, 2.24) is 4.98 Å². The lowest BCUT2D eigenvalue weighted by Gasteiger charge is -2.19. The van der Waals surface area contributed by atoms with Crippen molar-refractivity contribution < 1.29 is 4.92 Å².